The Morgan fingerprint density at radius 3 is 2.65 bits per heavy atom. The van der Waals surface area contributed by atoms with Gasteiger partial charge in [0.15, 0.2) is 0 Å². The molecule has 4 N–H and O–H groups in total. The van der Waals surface area contributed by atoms with Crippen molar-refractivity contribution in [2.75, 3.05) is 31.7 Å². The Bertz CT molecular complexity index is 476. The number of anilines is 1. The zero-order valence-corrected chi connectivity index (χ0v) is 11.2. The van der Waals surface area contributed by atoms with Crippen molar-refractivity contribution in [1.29, 1.82) is 0 Å². The van der Waals surface area contributed by atoms with Gasteiger partial charge >= 0.3 is 11.8 Å². The van der Waals surface area contributed by atoms with Crippen LogP contribution in [0.1, 0.15) is 5.56 Å². The second kappa shape index (κ2) is 8.13. The molecule has 0 saturated heterocycles. The number of aliphatic hydroxyl groups is 1. The van der Waals surface area contributed by atoms with Gasteiger partial charge in [-0.2, -0.15) is 0 Å². The van der Waals surface area contributed by atoms with E-state index in [-0.39, 0.29) is 32.1 Å². The lowest BCUT2D eigenvalue weighted by Gasteiger charge is -2.09. The Morgan fingerprint density at radius 1 is 1.25 bits per heavy atom. The summed E-state index contributed by atoms with van der Waals surface area (Å²) in [5, 5.41) is 22.6. The Labute approximate surface area is 116 Å². The van der Waals surface area contributed by atoms with Crippen LogP contribution in [-0.4, -0.2) is 48.4 Å². The van der Waals surface area contributed by atoms with E-state index in [1.54, 1.807) is 6.92 Å². The molecular formula is C13H18N2O5. The van der Waals surface area contributed by atoms with E-state index >= 15 is 0 Å². The van der Waals surface area contributed by atoms with Gasteiger partial charge in [0.05, 0.1) is 19.8 Å². The number of aliphatic hydroxyl groups excluding tert-OH is 1. The summed E-state index contributed by atoms with van der Waals surface area (Å²) in [7, 11) is 0. The first-order valence-electron chi connectivity index (χ1n) is 6.12. The van der Waals surface area contributed by atoms with Crippen molar-refractivity contribution in [3.63, 3.8) is 0 Å². The van der Waals surface area contributed by atoms with Crippen molar-refractivity contribution in [2.24, 2.45) is 0 Å². The molecule has 7 heteroatoms. The molecule has 1 aromatic carbocycles. The van der Waals surface area contributed by atoms with Crippen LogP contribution in [0.4, 0.5) is 5.69 Å². The fraction of sp³-hybridized carbons (Fsp3) is 0.385. The highest BCUT2D eigenvalue weighted by atomic mass is 16.5. The van der Waals surface area contributed by atoms with E-state index in [4.69, 9.17) is 9.84 Å². The van der Waals surface area contributed by atoms with Crippen LogP contribution in [0, 0.1) is 6.92 Å². The van der Waals surface area contributed by atoms with Gasteiger partial charge in [0.1, 0.15) is 5.75 Å². The third kappa shape index (κ3) is 5.25. The molecule has 0 aliphatic rings. The number of phenolic OH excluding ortho intramolecular Hbond substituents is 1. The van der Waals surface area contributed by atoms with Crippen LogP contribution in [0.25, 0.3) is 0 Å². The maximum Gasteiger partial charge on any atom is 0.313 e. The Morgan fingerprint density at radius 2 is 2.00 bits per heavy atom. The SMILES string of the molecule is Cc1cc(O)ccc1NC(=O)C(=O)NCCOCCO. The minimum Gasteiger partial charge on any atom is -0.508 e. The Hall–Kier alpha value is -2.12. The fourth-order valence-corrected chi connectivity index (χ4v) is 1.45. The van der Waals surface area contributed by atoms with E-state index in [2.05, 4.69) is 10.6 Å². The minimum atomic E-state index is -0.791. The average Bonchev–Trinajstić information content (AvgIpc) is 2.41. The number of hydrogen-bond donors (Lipinski definition) is 4. The van der Waals surface area contributed by atoms with Gasteiger partial charge in [0.25, 0.3) is 0 Å². The molecular weight excluding hydrogens is 264 g/mol. The van der Waals surface area contributed by atoms with Crippen molar-refractivity contribution in [3.05, 3.63) is 23.8 Å². The maximum absolute atomic E-state index is 11.6. The van der Waals surface area contributed by atoms with Crippen molar-refractivity contribution in [2.45, 2.75) is 6.92 Å². The van der Waals surface area contributed by atoms with Crippen molar-refractivity contribution < 1.29 is 24.5 Å². The smallest absolute Gasteiger partial charge is 0.313 e. The number of carbonyl (C=O) groups excluding carboxylic acids is 2. The second-order valence-corrected chi connectivity index (χ2v) is 4.05. The van der Waals surface area contributed by atoms with Crippen LogP contribution in [0.15, 0.2) is 18.2 Å². The number of carbonyl (C=O) groups is 2. The zero-order chi connectivity index (χ0) is 15.0. The standard InChI is InChI=1S/C13H18N2O5/c1-9-8-10(17)2-3-11(9)15-13(19)12(18)14-4-6-20-7-5-16/h2-3,8,16-17H,4-7H2,1H3,(H,14,18)(H,15,19). The highest BCUT2D eigenvalue weighted by molar-refractivity contribution is 6.39. The molecule has 0 unspecified atom stereocenters. The van der Waals surface area contributed by atoms with E-state index in [0.717, 1.165) is 0 Å². The van der Waals surface area contributed by atoms with Crippen LogP contribution in [0.3, 0.4) is 0 Å². The molecule has 2 amide bonds. The highest BCUT2D eigenvalue weighted by Gasteiger charge is 2.14. The minimum absolute atomic E-state index is 0.0887. The summed E-state index contributed by atoms with van der Waals surface area (Å²) in [6, 6.07) is 4.42. The molecule has 7 nitrogen and oxygen atoms in total. The van der Waals surface area contributed by atoms with Gasteiger partial charge in [-0.25, -0.2) is 0 Å². The molecule has 0 atom stereocenters. The number of amides is 2. The van der Waals surface area contributed by atoms with Crippen LogP contribution >= 0.6 is 0 Å². The molecule has 0 aliphatic carbocycles. The summed E-state index contributed by atoms with van der Waals surface area (Å²) in [5.74, 6) is -1.47. The molecule has 1 aromatic rings. The van der Waals surface area contributed by atoms with Crippen LogP contribution in [0.5, 0.6) is 5.75 Å². The van der Waals surface area contributed by atoms with E-state index in [9.17, 15) is 14.7 Å². The van der Waals surface area contributed by atoms with Crippen molar-refractivity contribution in [1.82, 2.24) is 5.32 Å². The van der Waals surface area contributed by atoms with Crippen LogP contribution < -0.4 is 10.6 Å². The summed E-state index contributed by atoms with van der Waals surface area (Å²) in [5.41, 5.74) is 1.11. The monoisotopic (exact) mass is 282 g/mol. The van der Waals surface area contributed by atoms with Crippen molar-refractivity contribution in [3.8, 4) is 5.75 Å². The third-order valence-electron chi connectivity index (χ3n) is 2.43. The number of hydrogen-bond acceptors (Lipinski definition) is 5. The molecule has 0 saturated carbocycles. The van der Waals surface area contributed by atoms with Crippen LogP contribution in [0.2, 0.25) is 0 Å². The molecule has 0 spiro atoms. The molecule has 0 aromatic heterocycles. The summed E-state index contributed by atoms with van der Waals surface area (Å²) in [6.45, 7) is 2.21. The first-order chi connectivity index (χ1) is 9.54. The predicted molar refractivity (Wildman–Crippen MR) is 72.4 cm³/mol. The molecule has 1 rings (SSSR count). The van der Waals surface area contributed by atoms with Gasteiger partial charge in [-0.1, -0.05) is 0 Å². The summed E-state index contributed by atoms with van der Waals surface area (Å²) in [4.78, 5) is 23.1. The molecule has 0 aliphatic heterocycles. The first kappa shape index (κ1) is 15.9. The highest BCUT2D eigenvalue weighted by Crippen LogP contribution is 2.19. The van der Waals surface area contributed by atoms with E-state index in [1.165, 1.54) is 18.2 Å². The van der Waals surface area contributed by atoms with E-state index in [0.29, 0.717) is 11.3 Å². The van der Waals surface area contributed by atoms with E-state index < -0.39 is 11.8 Å². The lowest BCUT2D eigenvalue weighted by Crippen LogP contribution is -2.37. The normalized spacial score (nSPS) is 10.1. The second-order valence-electron chi connectivity index (χ2n) is 4.05. The summed E-state index contributed by atoms with van der Waals surface area (Å²) >= 11 is 0. The number of aromatic hydroxyl groups is 1. The first-order valence-corrected chi connectivity index (χ1v) is 6.12. The lowest BCUT2D eigenvalue weighted by atomic mass is 10.2. The van der Waals surface area contributed by atoms with Gasteiger partial charge in [-0.05, 0) is 30.7 Å². The predicted octanol–water partition coefficient (Wildman–Crippen LogP) is -0.236. The number of rotatable bonds is 6. The summed E-state index contributed by atoms with van der Waals surface area (Å²) < 4.78 is 4.94. The van der Waals surface area contributed by atoms with Gasteiger partial charge in [0, 0.05) is 12.2 Å². The molecule has 0 radical (unpaired) electrons. The Kier molecular flexibility index (Phi) is 6.48. The fourth-order valence-electron chi connectivity index (χ4n) is 1.45. The molecule has 0 fully saturated rings. The Balaban J connectivity index is 2.39. The number of phenols is 1. The van der Waals surface area contributed by atoms with Gasteiger partial charge in [0.2, 0.25) is 0 Å². The molecule has 110 valence electrons. The molecule has 0 bridgehead atoms. The van der Waals surface area contributed by atoms with E-state index in [1.807, 2.05) is 0 Å². The number of nitrogens with one attached hydrogen (secondary N) is 2. The molecule has 20 heavy (non-hydrogen) atoms. The van der Waals surface area contributed by atoms with Crippen LogP contribution in [-0.2, 0) is 14.3 Å². The maximum atomic E-state index is 11.6. The quantitative estimate of drug-likeness (QED) is 0.327. The number of ether oxygens (including phenoxy) is 1. The largest absolute Gasteiger partial charge is 0.508 e. The lowest BCUT2D eigenvalue weighted by molar-refractivity contribution is -0.136. The van der Waals surface area contributed by atoms with Gasteiger partial charge < -0.3 is 25.6 Å². The third-order valence-corrected chi connectivity index (χ3v) is 2.43. The number of benzene rings is 1. The topological polar surface area (TPSA) is 108 Å². The summed E-state index contributed by atoms with van der Waals surface area (Å²) in [6.07, 6.45) is 0. The molecule has 0 heterocycles. The van der Waals surface area contributed by atoms with Gasteiger partial charge in [-0.15, -0.1) is 0 Å². The van der Waals surface area contributed by atoms with Crippen molar-refractivity contribution >= 4 is 17.5 Å². The number of aryl methyl sites for hydroxylation is 1. The zero-order valence-electron chi connectivity index (χ0n) is 11.2. The van der Waals surface area contributed by atoms with Gasteiger partial charge in [-0.3, -0.25) is 9.59 Å². The average molecular weight is 282 g/mol.